The van der Waals surface area contributed by atoms with Crippen LogP contribution in [0.4, 0.5) is 4.39 Å². The molecular formula is C14H22FNO2. The van der Waals surface area contributed by atoms with Gasteiger partial charge in [-0.05, 0) is 33.8 Å². The number of hydrogen-bond acceptors (Lipinski definition) is 3. The zero-order valence-electron chi connectivity index (χ0n) is 11.9. The van der Waals surface area contributed by atoms with E-state index in [0.717, 1.165) is 5.56 Å². The molecule has 4 heteroatoms. The van der Waals surface area contributed by atoms with E-state index in [2.05, 4.69) is 0 Å². The van der Waals surface area contributed by atoms with Crippen molar-refractivity contribution in [1.82, 2.24) is 0 Å². The Labute approximate surface area is 108 Å². The molecule has 1 aromatic carbocycles. The quantitative estimate of drug-likeness (QED) is 0.899. The summed E-state index contributed by atoms with van der Waals surface area (Å²) in [7, 11) is 3.07. The van der Waals surface area contributed by atoms with Crippen LogP contribution < -0.4 is 15.2 Å². The van der Waals surface area contributed by atoms with Crippen molar-refractivity contribution < 1.29 is 13.9 Å². The van der Waals surface area contributed by atoms with Gasteiger partial charge in [0.05, 0.1) is 14.2 Å². The lowest BCUT2D eigenvalue weighted by Crippen LogP contribution is -2.30. The lowest BCUT2D eigenvalue weighted by atomic mass is 9.88. The molecule has 0 heterocycles. The first-order chi connectivity index (χ1) is 8.11. The highest BCUT2D eigenvalue weighted by Crippen LogP contribution is 2.40. The average molecular weight is 255 g/mol. The van der Waals surface area contributed by atoms with Gasteiger partial charge < -0.3 is 15.2 Å². The summed E-state index contributed by atoms with van der Waals surface area (Å²) in [5.74, 6) is 1.07. The maximum Gasteiger partial charge on any atom is 0.134 e. The van der Waals surface area contributed by atoms with E-state index < -0.39 is 11.2 Å². The van der Waals surface area contributed by atoms with Gasteiger partial charge in [0.1, 0.15) is 17.2 Å². The highest BCUT2D eigenvalue weighted by Gasteiger charge is 2.29. The number of rotatable bonds is 4. The summed E-state index contributed by atoms with van der Waals surface area (Å²) in [5.41, 5.74) is 5.21. The second-order valence-corrected chi connectivity index (χ2v) is 5.45. The summed E-state index contributed by atoms with van der Waals surface area (Å²) >= 11 is 0. The number of ether oxygens (including phenoxy) is 2. The Morgan fingerprint density at radius 3 is 1.72 bits per heavy atom. The van der Waals surface area contributed by atoms with Gasteiger partial charge in [0.25, 0.3) is 0 Å². The zero-order chi connectivity index (χ0) is 14.1. The molecule has 0 radical (unpaired) electrons. The number of alkyl halides is 1. The third kappa shape index (κ3) is 2.93. The maximum absolute atomic E-state index is 14.2. The van der Waals surface area contributed by atoms with Crippen molar-refractivity contribution >= 4 is 0 Å². The van der Waals surface area contributed by atoms with Gasteiger partial charge in [0.2, 0.25) is 0 Å². The van der Waals surface area contributed by atoms with Crippen molar-refractivity contribution in [3.8, 4) is 11.5 Å². The number of methoxy groups -OCH3 is 2. The topological polar surface area (TPSA) is 44.5 Å². The Bertz CT molecular complexity index is 393. The molecule has 0 aliphatic carbocycles. The van der Waals surface area contributed by atoms with Crippen LogP contribution >= 0.6 is 0 Å². The van der Waals surface area contributed by atoms with Crippen LogP contribution in [0.3, 0.4) is 0 Å². The third-order valence-electron chi connectivity index (χ3n) is 2.86. The smallest absolute Gasteiger partial charge is 0.134 e. The van der Waals surface area contributed by atoms with E-state index in [0.29, 0.717) is 17.1 Å². The van der Waals surface area contributed by atoms with Gasteiger partial charge in [-0.3, -0.25) is 0 Å². The standard InChI is InChI=1S/C14H22FNO2/c1-13(2,15)9-7-10(14(3,4)16)12(18-6)8-11(9)17-5/h7-8H,16H2,1-6H3. The largest absolute Gasteiger partial charge is 0.496 e. The summed E-state index contributed by atoms with van der Waals surface area (Å²) < 4.78 is 24.7. The Kier molecular flexibility index (Phi) is 3.91. The van der Waals surface area contributed by atoms with Gasteiger partial charge in [0, 0.05) is 22.7 Å². The molecule has 0 unspecified atom stereocenters. The van der Waals surface area contributed by atoms with Crippen LogP contribution in [0.1, 0.15) is 38.8 Å². The van der Waals surface area contributed by atoms with E-state index >= 15 is 0 Å². The molecule has 1 rings (SSSR count). The van der Waals surface area contributed by atoms with Crippen molar-refractivity contribution in [3.05, 3.63) is 23.3 Å². The molecule has 3 nitrogen and oxygen atoms in total. The van der Waals surface area contributed by atoms with Crippen LogP contribution in [0, 0.1) is 0 Å². The number of nitrogens with two attached hydrogens (primary N) is 1. The molecule has 0 bridgehead atoms. The fraction of sp³-hybridized carbons (Fsp3) is 0.571. The van der Waals surface area contributed by atoms with E-state index in [9.17, 15) is 4.39 Å². The summed E-state index contributed by atoms with van der Waals surface area (Å²) in [6.07, 6.45) is 0. The van der Waals surface area contributed by atoms with Crippen LogP contribution in [0.25, 0.3) is 0 Å². The molecule has 0 aliphatic heterocycles. The van der Waals surface area contributed by atoms with Gasteiger partial charge in [-0.1, -0.05) is 0 Å². The molecule has 0 saturated carbocycles. The number of hydrogen-bond donors (Lipinski definition) is 1. The first-order valence-electron chi connectivity index (χ1n) is 5.86. The fourth-order valence-corrected chi connectivity index (χ4v) is 1.87. The van der Waals surface area contributed by atoms with Gasteiger partial charge in [-0.15, -0.1) is 0 Å². The first kappa shape index (κ1) is 14.8. The van der Waals surface area contributed by atoms with Crippen molar-refractivity contribution in [2.45, 2.75) is 38.9 Å². The molecule has 0 amide bonds. The molecule has 0 atom stereocenters. The van der Waals surface area contributed by atoms with Gasteiger partial charge >= 0.3 is 0 Å². The molecule has 0 fully saturated rings. The summed E-state index contributed by atoms with van der Waals surface area (Å²) in [4.78, 5) is 0. The summed E-state index contributed by atoms with van der Waals surface area (Å²) in [6.45, 7) is 6.69. The Morgan fingerprint density at radius 1 is 0.944 bits per heavy atom. The highest BCUT2D eigenvalue weighted by atomic mass is 19.1. The minimum absolute atomic E-state index is 0.465. The second kappa shape index (κ2) is 4.76. The van der Waals surface area contributed by atoms with Crippen LogP contribution in [-0.4, -0.2) is 14.2 Å². The Hall–Kier alpha value is -1.29. The highest BCUT2D eigenvalue weighted by molar-refractivity contribution is 5.51. The predicted octanol–water partition coefficient (Wildman–Crippen LogP) is 3.10. The van der Waals surface area contributed by atoms with Gasteiger partial charge in [-0.2, -0.15) is 0 Å². The van der Waals surface area contributed by atoms with E-state index in [-0.39, 0.29) is 0 Å². The predicted molar refractivity (Wildman–Crippen MR) is 70.9 cm³/mol. The number of halogens is 1. The fourth-order valence-electron chi connectivity index (χ4n) is 1.87. The first-order valence-corrected chi connectivity index (χ1v) is 5.86. The molecule has 0 aromatic heterocycles. The van der Waals surface area contributed by atoms with Crippen LogP contribution in [-0.2, 0) is 11.2 Å². The summed E-state index contributed by atoms with van der Waals surface area (Å²) in [5, 5.41) is 0. The monoisotopic (exact) mass is 255 g/mol. The number of benzene rings is 1. The van der Waals surface area contributed by atoms with Crippen molar-refractivity contribution in [1.29, 1.82) is 0 Å². The molecule has 102 valence electrons. The lowest BCUT2D eigenvalue weighted by Gasteiger charge is -2.26. The molecule has 2 N–H and O–H groups in total. The van der Waals surface area contributed by atoms with Crippen LogP contribution in [0.2, 0.25) is 0 Å². The minimum atomic E-state index is -1.50. The summed E-state index contributed by atoms with van der Waals surface area (Å²) in [6, 6.07) is 3.40. The molecular weight excluding hydrogens is 233 g/mol. The zero-order valence-corrected chi connectivity index (χ0v) is 11.9. The van der Waals surface area contributed by atoms with Gasteiger partial charge in [-0.25, -0.2) is 4.39 Å². The third-order valence-corrected chi connectivity index (χ3v) is 2.86. The Morgan fingerprint density at radius 2 is 1.39 bits per heavy atom. The molecule has 0 spiro atoms. The SMILES string of the molecule is COc1cc(OC)c(C(C)(C)F)cc1C(C)(C)N. The molecule has 18 heavy (non-hydrogen) atoms. The van der Waals surface area contributed by atoms with Crippen molar-refractivity contribution in [2.75, 3.05) is 14.2 Å². The van der Waals surface area contributed by atoms with Crippen LogP contribution in [0.5, 0.6) is 11.5 Å². The molecule has 1 aromatic rings. The van der Waals surface area contributed by atoms with Crippen LogP contribution in [0.15, 0.2) is 12.1 Å². The minimum Gasteiger partial charge on any atom is -0.496 e. The van der Waals surface area contributed by atoms with Crippen molar-refractivity contribution in [3.63, 3.8) is 0 Å². The van der Waals surface area contributed by atoms with Crippen molar-refractivity contribution in [2.24, 2.45) is 5.73 Å². The van der Waals surface area contributed by atoms with E-state index in [1.165, 1.54) is 21.0 Å². The lowest BCUT2D eigenvalue weighted by molar-refractivity contribution is 0.212. The van der Waals surface area contributed by atoms with E-state index in [1.807, 2.05) is 13.8 Å². The average Bonchev–Trinajstić information content (AvgIpc) is 2.24. The van der Waals surface area contributed by atoms with E-state index in [4.69, 9.17) is 15.2 Å². The maximum atomic E-state index is 14.2. The van der Waals surface area contributed by atoms with E-state index in [1.54, 1.807) is 19.2 Å². The second-order valence-electron chi connectivity index (χ2n) is 5.45. The molecule has 0 aliphatic rings. The van der Waals surface area contributed by atoms with Gasteiger partial charge in [0.15, 0.2) is 0 Å². The normalized spacial score (nSPS) is 12.4. The molecule has 0 saturated heterocycles. The Balaban J connectivity index is 3.55.